The molecule has 0 aliphatic rings. The lowest BCUT2D eigenvalue weighted by atomic mass is 10.1. The number of nitro groups is 1. The van der Waals surface area contributed by atoms with Gasteiger partial charge in [-0.25, -0.2) is 9.78 Å². The molecule has 0 fully saturated rings. The molecule has 0 saturated heterocycles. The van der Waals surface area contributed by atoms with Crippen LogP contribution in [-0.2, 0) is 15.9 Å². The maximum atomic E-state index is 12.6. The first kappa shape index (κ1) is 24.2. The van der Waals surface area contributed by atoms with E-state index in [4.69, 9.17) is 8.60 Å². The molecular formula is C24H15N3O8S2. The van der Waals surface area contributed by atoms with E-state index in [9.17, 15) is 28.1 Å². The number of thioether (sulfide) groups is 1. The summed E-state index contributed by atoms with van der Waals surface area (Å²) in [6, 6.07) is 16.7. The fourth-order valence-corrected chi connectivity index (χ4v) is 5.35. The molecule has 3 aromatic carbocycles. The van der Waals surface area contributed by atoms with Gasteiger partial charge in [0.05, 0.1) is 15.8 Å². The van der Waals surface area contributed by atoms with Crippen LogP contribution >= 0.6 is 11.8 Å². The van der Waals surface area contributed by atoms with Gasteiger partial charge in [-0.1, -0.05) is 23.9 Å². The molecule has 0 atom stereocenters. The molecule has 186 valence electrons. The van der Waals surface area contributed by atoms with Crippen molar-refractivity contribution in [3.63, 3.8) is 0 Å². The molecule has 5 rings (SSSR count). The Labute approximate surface area is 212 Å². The van der Waals surface area contributed by atoms with Gasteiger partial charge in [-0.2, -0.15) is 8.42 Å². The number of hydrogen-bond donors (Lipinski definition) is 1. The van der Waals surface area contributed by atoms with Gasteiger partial charge in [-0.05, 0) is 42.0 Å². The molecule has 0 saturated carbocycles. The Hall–Kier alpha value is -4.49. The number of nitro benzene ring substituents is 1. The zero-order valence-electron chi connectivity index (χ0n) is 18.6. The predicted molar refractivity (Wildman–Crippen MR) is 135 cm³/mol. The number of para-hydroxylation sites is 1. The molecular weight excluding hydrogens is 522 g/mol. The van der Waals surface area contributed by atoms with Gasteiger partial charge in [-0.3, -0.25) is 14.9 Å². The van der Waals surface area contributed by atoms with Crippen molar-refractivity contribution in [2.24, 2.45) is 0 Å². The molecule has 11 nitrogen and oxygen atoms in total. The number of aromatic amines is 1. The number of H-pyrrole nitrogens is 1. The topological polar surface area (TPSA) is 162 Å². The van der Waals surface area contributed by atoms with Gasteiger partial charge >= 0.3 is 15.7 Å². The van der Waals surface area contributed by atoms with Gasteiger partial charge in [0.25, 0.3) is 11.2 Å². The first-order valence-corrected chi connectivity index (χ1v) is 13.0. The molecule has 0 radical (unpaired) electrons. The second kappa shape index (κ2) is 9.52. The normalized spacial score (nSPS) is 11.6. The van der Waals surface area contributed by atoms with E-state index in [2.05, 4.69) is 9.97 Å². The Bertz CT molecular complexity index is 1900. The fourth-order valence-electron chi connectivity index (χ4n) is 3.57. The molecule has 37 heavy (non-hydrogen) atoms. The van der Waals surface area contributed by atoms with Gasteiger partial charge in [0.1, 0.15) is 16.2 Å². The van der Waals surface area contributed by atoms with Crippen LogP contribution in [0.4, 0.5) is 5.69 Å². The second-order valence-electron chi connectivity index (χ2n) is 7.71. The van der Waals surface area contributed by atoms with Crippen LogP contribution in [0.1, 0.15) is 5.56 Å². The summed E-state index contributed by atoms with van der Waals surface area (Å²) in [7, 11) is -4.30. The quantitative estimate of drug-likeness (QED) is 0.0802. The Balaban J connectivity index is 1.41. The first-order chi connectivity index (χ1) is 17.7. The van der Waals surface area contributed by atoms with Crippen molar-refractivity contribution < 1.29 is 21.9 Å². The Kier molecular flexibility index (Phi) is 6.23. The monoisotopic (exact) mass is 537 g/mol. The third kappa shape index (κ3) is 5.08. The lowest BCUT2D eigenvalue weighted by Crippen LogP contribution is -2.10. The highest BCUT2D eigenvalue weighted by Crippen LogP contribution is 2.29. The lowest BCUT2D eigenvalue weighted by molar-refractivity contribution is -0.384. The summed E-state index contributed by atoms with van der Waals surface area (Å²) in [5.74, 6) is 0.157. The Morgan fingerprint density at radius 1 is 1.00 bits per heavy atom. The van der Waals surface area contributed by atoms with E-state index in [0.717, 1.165) is 24.3 Å². The van der Waals surface area contributed by atoms with E-state index in [0.29, 0.717) is 27.0 Å². The van der Waals surface area contributed by atoms with E-state index in [-0.39, 0.29) is 33.2 Å². The van der Waals surface area contributed by atoms with Crippen LogP contribution in [0.5, 0.6) is 5.75 Å². The van der Waals surface area contributed by atoms with Gasteiger partial charge < -0.3 is 13.6 Å². The van der Waals surface area contributed by atoms with Crippen molar-refractivity contribution in [2.45, 2.75) is 15.8 Å². The number of non-ortho nitro benzene ring substituents is 1. The Morgan fingerprint density at radius 3 is 2.51 bits per heavy atom. The number of nitrogens with zero attached hydrogens (tertiary/aromatic N) is 2. The fraction of sp³-hybridized carbons (Fsp3) is 0.0417. The van der Waals surface area contributed by atoms with Crippen LogP contribution in [-0.4, -0.2) is 23.3 Å². The summed E-state index contributed by atoms with van der Waals surface area (Å²) in [5.41, 5.74) is 0.0262. The number of nitrogens with one attached hydrogen (secondary N) is 1. The lowest BCUT2D eigenvalue weighted by Gasteiger charge is -2.09. The van der Waals surface area contributed by atoms with Crippen LogP contribution < -0.4 is 15.4 Å². The summed E-state index contributed by atoms with van der Waals surface area (Å²) < 4.78 is 35.6. The van der Waals surface area contributed by atoms with Gasteiger partial charge in [0, 0.05) is 35.4 Å². The van der Waals surface area contributed by atoms with E-state index in [1.54, 1.807) is 30.3 Å². The molecule has 2 aromatic heterocycles. The molecule has 5 aromatic rings. The highest BCUT2D eigenvalue weighted by molar-refractivity contribution is 7.98. The van der Waals surface area contributed by atoms with Crippen molar-refractivity contribution in [1.29, 1.82) is 0 Å². The van der Waals surface area contributed by atoms with Crippen LogP contribution in [0, 0.1) is 10.1 Å². The molecule has 0 bridgehead atoms. The first-order valence-electron chi connectivity index (χ1n) is 10.6. The zero-order chi connectivity index (χ0) is 26.2. The van der Waals surface area contributed by atoms with Crippen molar-refractivity contribution in [3.8, 4) is 5.75 Å². The molecule has 0 aliphatic carbocycles. The van der Waals surface area contributed by atoms with Crippen molar-refractivity contribution >= 4 is 49.4 Å². The number of fused-ring (bicyclic) bond motifs is 2. The molecule has 2 heterocycles. The summed E-state index contributed by atoms with van der Waals surface area (Å²) in [5, 5.41) is 12.2. The smallest absolute Gasteiger partial charge is 0.339 e. The van der Waals surface area contributed by atoms with Crippen LogP contribution in [0.3, 0.4) is 0 Å². The highest BCUT2D eigenvalue weighted by Gasteiger charge is 2.19. The molecule has 0 unspecified atom stereocenters. The van der Waals surface area contributed by atoms with E-state index in [1.165, 1.54) is 30.0 Å². The van der Waals surface area contributed by atoms with Crippen molar-refractivity contribution in [3.05, 3.63) is 109 Å². The number of rotatable bonds is 7. The van der Waals surface area contributed by atoms with Crippen LogP contribution in [0.2, 0.25) is 0 Å². The minimum Gasteiger partial charge on any atom is -0.423 e. The van der Waals surface area contributed by atoms with Crippen molar-refractivity contribution in [2.75, 3.05) is 0 Å². The molecule has 0 spiro atoms. The average Bonchev–Trinajstić information content (AvgIpc) is 2.87. The number of hydrogen-bond acceptors (Lipinski definition) is 10. The van der Waals surface area contributed by atoms with E-state index < -0.39 is 20.7 Å². The standard InChI is InChI=1S/C24H15N3O8S2/c28-22-11-14(13-36-24-25-20-4-2-1-3-19(20)23(29)26-24)18-10-7-16(12-21(18)34-22)35-37(32,33)17-8-5-15(6-9-17)27(30)31/h1-12H,13H2,(H,25,26,29). The summed E-state index contributed by atoms with van der Waals surface area (Å²) >= 11 is 1.22. The maximum Gasteiger partial charge on any atom is 0.339 e. The number of aromatic nitrogens is 2. The van der Waals surface area contributed by atoms with Crippen molar-refractivity contribution in [1.82, 2.24) is 9.97 Å². The predicted octanol–water partition coefficient (Wildman–Crippen LogP) is 4.00. The minimum absolute atomic E-state index is 0.0967. The molecule has 1 N–H and O–H groups in total. The summed E-state index contributed by atoms with van der Waals surface area (Å²) in [4.78, 5) is 41.5. The van der Waals surface area contributed by atoms with Gasteiger partial charge in [-0.15, -0.1) is 0 Å². The molecule has 0 aliphatic heterocycles. The van der Waals surface area contributed by atoms with Crippen LogP contribution in [0.25, 0.3) is 21.9 Å². The minimum atomic E-state index is -4.30. The third-order valence-electron chi connectivity index (χ3n) is 5.30. The van der Waals surface area contributed by atoms with Gasteiger partial charge in [0.15, 0.2) is 5.16 Å². The number of benzene rings is 3. The molecule has 0 amide bonds. The second-order valence-corrected chi connectivity index (χ2v) is 10.2. The van der Waals surface area contributed by atoms with E-state index >= 15 is 0 Å². The SMILES string of the molecule is O=c1cc(CSc2nc3ccccc3c(=O)[nH]2)c2ccc(OS(=O)(=O)c3ccc([N+](=O)[O-])cc3)cc2o1. The zero-order valence-corrected chi connectivity index (χ0v) is 20.2. The van der Waals surface area contributed by atoms with Gasteiger partial charge in [0.2, 0.25) is 0 Å². The summed E-state index contributed by atoms with van der Waals surface area (Å²) in [6.07, 6.45) is 0. The summed E-state index contributed by atoms with van der Waals surface area (Å²) in [6.45, 7) is 0. The highest BCUT2D eigenvalue weighted by atomic mass is 32.2. The molecule has 13 heteroatoms. The largest absolute Gasteiger partial charge is 0.423 e. The van der Waals surface area contributed by atoms with Crippen LogP contribution in [0.15, 0.2) is 96.9 Å². The third-order valence-corrected chi connectivity index (χ3v) is 7.48. The Morgan fingerprint density at radius 2 is 1.76 bits per heavy atom. The average molecular weight is 538 g/mol. The van der Waals surface area contributed by atoms with E-state index in [1.807, 2.05) is 0 Å². The maximum absolute atomic E-state index is 12.6.